The van der Waals surface area contributed by atoms with Crippen molar-refractivity contribution in [3.8, 4) is 0 Å². The van der Waals surface area contributed by atoms with E-state index in [4.69, 9.17) is 9.47 Å². The highest BCUT2D eigenvalue weighted by Gasteiger charge is 2.07. The van der Waals surface area contributed by atoms with Gasteiger partial charge in [0.15, 0.2) is 6.29 Å². The molecule has 0 fully saturated rings. The van der Waals surface area contributed by atoms with Crippen LogP contribution in [0.15, 0.2) is 0 Å². The quantitative estimate of drug-likeness (QED) is 0.236. The van der Waals surface area contributed by atoms with Gasteiger partial charge in [0.25, 0.3) is 0 Å². The second-order valence-electron chi connectivity index (χ2n) is 6.85. The summed E-state index contributed by atoms with van der Waals surface area (Å²) in [5, 5.41) is 5.83. The van der Waals surface area contributed by atoms with E-state index in [2.05, 4.69) is 17.6 Å². The first kappa shape index (κ1) is 25.2. The van der Waals surface area contributed by atoms with E-state index >= 15 is 0 Å². The summed E-state index contributed by atoms with van der Waals surface area (Å²) in [6.07, 6.45) is 14.6. The van der Waals surface area contributed by atoms with Crippen LogP contribution in [0.3, 0.4) is 0 Å². The molecule has 26 heavy (non-hydrogen) atoms. The molecular formula is C21H44N2O3. The molecule has 0 bridgehead atoms. The zero-order valence-corrected chi connectivity index (χ0v) is 17.6. The average molecular weight is 373 g/mol. The van der Waals surface area contributed by atoms with E-state index in [1.54, 1.807) is 0 Å². The Morgan fingerprint density at radius 3 is 1.65 bits per heavy atom. The summed E-state index contributed by atoms with van der Waals surface area (Å²) < 4.78 is 11.0. The molecule has 0 heterocycles. The van der Waals surface area contributed by atoms with E-state index in [0.717, 1.165) is 25.8 Å². The van der Waals surface area contributed by atoms with Crippen LogP contribution in [0, 0.1) is 0 Å². The Morgan fingerprint density at radius 1 is 0.692 bits per heavy atom. The van der Waals surface area contributed by atoms with Crippen LogP contribution >= 0.6 is 0 Å². The van der Waals surface area contributed by atoms with Gasteiger partial charge in [0.05, 0.1) is 0 Å². The maximum absolute atomic E-state index is 11.7. The minimum Gasteiger partial charge on any atom is -0.353 e. The monoisotopic (exact) mass is 372 g/mol. The molecule has 0 saturated heterocycles. The Balaban J connectivity index is 3.33. The van der Waals surface area contributed by atoms with Crippen LogP contribution in [0.25, 0.3) is 0 Å². The number of nitrogens with one attached hydrogen (secondary N) is 2. The minimum absolute atomic E-state index is 0.0645. The van der Waals surface area contributed by atoms with Crippen molar-refractivity contribution in [1.82, 2.24) is 10.6 Å². The fourth-order valence-electron chi connectivity index (χ4n) is 2.93. The van der Waals surface area contributed by atoms with Gasteiger partial charge in [0.2, 0.25) is 0 Å². The van der Waals surface area contributed by atoms with Crippen LogP contribution in [0.2, 0.25) is 0 Å². The van der Waals surface area contributed by atoms with E-state index in [0.29, 0.717) is 19.8 Å². The zero-order valence-electron chi connectivity index (χ0n) is 17.6. The molecule has 0 atom stereocenters. The zero-order chi connectivity index (χ0) is 19.3. The van der Waals surface area contributed by atoms with Crippen LogP contribution in [-0.4, -0.2) is 38.6 Å². The van der Waals surface area contributed by atoms with Gasteiger partial charge in [0, 0.05) is 32.7 Å². The lowest BCUT2D eigenvalue weighted by molar-refractivity contribution is -0.139. The van der Waals surface area contributed by atoms with Gasteiger partial charge in [-0.3, -0.25) is 0 Å². The van der Waals surface area contributed by atoms with E-state index < -0.39 is 0 Å². The van der Waals surface area contributed by atoms with Crippen LogP contribution in [0.5, 0.6) is 0 Å². The molecule has 0 radical (unpaired) electrons. The number of urea groups is 1. The Morgan fingerprint density at radius 2 is 1.15 bits per heavy atom. The summed E-state index contributed by atoms with van der Waals surface area (Å²) in [5.74, 6) is 0. The van der Waals surface area contributed by atoms with Gasteiger partial charge in [-0.15, -0.1) is 0 Å². The first-order valence-electron chi connectivity index (χ1n) is 11.0. The molecule has 0 aromatic heterocycles. The highest BCUT2D eigenvalue weighted by atomic mass is 16.7. The van der Waals surface area contributed by atoms with Crippen molar-refractivity contribution < 1.29 is 14.3 Å². The molecule has 0 saturated carbocycles. The summed E-state index contributed by atoms with van der Waals surface area (Å²) in [5.41, 5.74) is 0. The number of amides is 2. The molecule has 0 aromatic carbocycles. The smallest absolute Gasteiger partial charge is 0.314 e. The summed E-state index contributed by atoms with van der Waals surface area (Å²) in [6, 6.07) is -0.0645. The van der Waals surface area contributed by atoms with Gasteiger partial charge in [-0.2, -0.15) is 0 Å². The van der Waals surface area contributed by atoms with Crippen molar-refractivity contribution in [2.75, 3.05) is 26.3 Å². The van der Waals surface area contributed by atoms with E-state index in [-0.39, 0.29) is 12.3 Å². The van der Waals surface area contributed by atoms with Crippen molar-refractivity contribution in [2.24, 2.45) is 0 Å². The summed E-state index contributed by atoms with van der Waals surface area (Å²) >= 11 is 0. The molecule has 0 spiro atoms. The molecule has 5 nitrogen and oxygen atoms in total. The molecule has 0 unspecified atom stereocenters. The molecule has 0 aliphatic rings. The number of carbonyl (C=O) groups excluding carboxylic acids is 1. The van der Waals surface area contributed by atoms with Crippen molar-refractivity contribution in [1.29, 1.82) is 0 Å². The second-order valence-corrected chi connectivity index (χ2v) is 6.85. The predicted octanol–water partition coefficient (Wildman–Crippen LogP) is 5.39. The van der Waals surface area contributed by atoms with E-state index in [9.17, 15) is 4.79 Å². The Kier molecular flexibility index (Phi) is 19.9. The molecule has 0 aromatic rings. The molecule has 2 amide bonds. The number of carbonyl (C=O) groups is 1. The highest BCUT2D eigenvalue weighted by molar-refractivity contribution is 5.73. The third-order valence-electron chi connectivity index (χ3n) is 4.42. The van der Waals surface area contributed by atoms with Gasteiger partial charge in [-0.1, -0.05) is 64.7 Å². The van der Waals surface area contributed by atoms with Crippen molar-refractivity contribution in [2.45, 2.75) is 104 Å². The minimum atomic E-state index is -0.151. The number of hydrogen-bond donors (Lipinski definition) is 2. The molecule has 2 N–H and O–H groups in total. The fraction of sp³-hybridized carbons (Fsp3) is 0.952. The third kappa shape index (κ3) is 18.0. The maximum Gasteiger partial charge on any atom is 0.314 e. The summed E-state index contributed by atoms with van der Waals surface area (Å²) in [4.78, 5) is 11.7. The predicted molar refractivity (Wildman–Crippen MR) is 110 cm³/mol. The van der Waals surface area contributed by atoms with Crippen molar-refractivity contribution in [3.05, 3.63) is 0 Å². The average Bonchev–Trinajstić information content (AvgIpc) is 2.63. The Hall–Kier alpha value is -0.810. The lowest BCUT2D eigenvalue weighted by Crippen LogP contribution is -2.36. The SMILES string of the molecule is CCCCCCCCCCCCNC(=O)NCCCC(OCC)OCC. The van der Waals surface area contributed by atoms with Crippen LogP contribution in [0.1, 0.15) is 97.8 Å². The van der Waals surface area contributed by atoms with Crippen LogP contribution in [0.4, 0.5) is 4.79 Å². The largest absolute Gasteiger partial charge is 0.353 e. The standard InChI is InChI=1S/C21H44N2O3/c1-4-7-8-9-10-11-12-13-14-15-18-22-21(24)23-19-16-17-20(25-5-2)26-6-3/h20H,4-19H2,1-3H3,(H2,22,23,24). The van der Waals surface area contributed by atoms with Gasteiger partial charge >= 0.3 is 6.03 Å². The maximum atomic E-state index is 11.7. The van der Waals surface area contributed by atoms with Crippen molar-refractivity contribution in [3.63, 3.8) is 0 Å². The second kappa shape index (κ2) is 20.5. The van der Waals surface area contributed by atoms with E-state index in [1.165, 1.54) is 57.8 Å². The molecule has 0 aliphatic carbocycles. The molecular weight excluding hydrogens is 328 g/mol. The summed E-state index contributed by atoms with van der Waals surface area (Å²) in [6.45, 7) is 8.91. The van der Waals surface area contributed by atoms with Crippen molar-refractivity contribution >= 4 is 6.03 Å². The van der Waals surface area contributed by atoms with Crippen LogP contribution < -0.4 is 10.6 Å². The number of rotatable bonds is 19. The van der Waals surface area contributed by atoms with Gasteiger partial charge in [0.1, 0.15) is 0 Å². The van der Waals surface area contributed by atoms with Crippen LogP contribution in [-0.2, 0) is 9.47 Å². The van der Waals surface area contributed by atoms with Gasteiger partial charge in [-0.25, -0.2) is 4.79 Å². The third-order valence-corrected chi connectivity index (χ3v) is 4.42. The first-order chi connectivity index (χ1) is 12.7. The normalized spacial score (nSPS) is 11.1. The Labute approximate surface area is 162 Å². The highest BCUT2D eigenvalue weighted by Crippen LogP contribution is 2.10. The lowest BCUT2D eigenvalue weighted by Gasteiger charge is -2.16. The molecule has 0 rings (SSSR count). The Bertz CT molecular complexity index is 295. The molecule has 0 aliphatic heterocycles. The topological polar surface area (TPSA) is 59.6 Å². The number of unbranched alkanes of at least 4 members (excludes halogenated alkanes) is 9. The number of hydrogen-bond acceptors (Lipinski definition) is 3. The molecule has 5 heteroatoms. The van der Waals surface area contributed by atoms with Gasteiger partial charge < -0.3 is 20.1 Å². The number of ether oxygens (including phenoxy) is 2. The summed E-state index contributed by atoms with van der Waals surface area (Å²) in [7, 11) is 0. The molecule has 156 valence electrons. The first-order valence-corrected chi connectivity index (χ1v) is 11.0. The van der Waals surface area contributed by atoms with E-state index in [1.807, 2.05) is 13.8 Å². The fourth-order valence-corrected chi connectivity index (χ4v) is 2.93. The van der Waals surface area contributed by atoms with Gasteiger partial charge in [-0.05, 0) is 26.7 Å². The lowest BCUT2D eigenvalue weighted by atomic mass is 10.1.